The van der Waals surface area contributed by atoms with E-state index in [1.54, 1.807) is 24.3 Å². The molecule has 188 valence electrons. The van der Waals surface area contributed by atoms with Gasteiger partial charge in [-0.15, -0.1) is 0 Å². The first-order chi connectivity index (χ1) is 16.8. The summed E-state index contributed by atoms with van der Waals surface area (Å²) in [5.74, 6) is -0.296. The van der Waals surface area contributed by atoms with E-state index >= 15 is 0 Å². The van der Waals surface area contributed by atoms with Gasteiger partial charge in [-0.2, -0.15) is 0 Å². The molecule has 4 rings (SSSR count). The van der Waals surface area contributed by atoms with Crippen molar-refractivity contribution in [3.63, 3.8) is 0 Å². The maximum Gasteiger partial charge on any atom is 0.304 e. The smallest absolute Gasteiger partial charge is 0.304 e. The lowest BCUT2D eigenvalue weighted by molar-refractivity contribution is -0.136. The van der Waals surface area contributed by atoms with E-state index in [0.717, 1.165) is 23.8 Å². The molecule has 0 bridgehead atoms. The Labute approximate surface area is 206 Å². The fraction of sp³-hybridized carbons (Fsp3) is 0.538. The van der Waals surface area contributed by atoms with E-state index in [9.17, 15) is 18.0 Å². The van der Waals surface area contributed by atoms with Gasteiger partial charge in [-0.05, 0) is 42.7 Å². The molecule has 2 fully saturated rings. The first kappa shape index (κ1) is 25.3. The van der Waals surface area contributed by atoms with E-state index in [1.807, 2.05) is 6.07 Å². The molecular formula is C26H33N3O5S. The summed E-state index contributed by atoms with van der Waals surface area (Å²) in [7, 11) is -3.50. The number of ketones is 1. The maximum absolute atomic E-state index is 13.0. The van der Waals surface area contributed by atoms with Gasteiger partial charge in [0, 0.05) is 25.1 Å². The van der Waals surface area contributed by atoms with Crippen LogP contribution < -0.4 is 4.90 Å². The molecule has 9 heteroatoms. The van der Waals surface area contributed by atoms with Gasteiger partial charge >= 0.3 is 5.97 Å². The third-order valence-corrected chi connectivity index (χ3v) is 8.40. The molecule has 0 atom stereocenters. The third kappa shape index (κ3) is 7.59. The predicted octanol–water partition coefficient (Wildman–Crippen LogP) is 3.84. The van der Waals surface area contributed by atoms with E-state index in [0.29, 0.717) is 17.3 Å². The van der Waals surface area contributed by atoms with Gasteiger partial charge in [-0.1, -0.05) is 43.5 Å². The summed E-state index contributed by atoms with van der Waals surface area (Å²) in [5, 5.41) is 8.70. The van der Waals surface area contributed by atoms with Crippen molar-refractivity contribution in [2.75, 3.05) is 17.2 Å². The molecule has 0 spiro atoms. The normalized spacial score (nSPS) is 16.7. The molecule has 1 aromatic heterocycles. The number of nitrogens with zero attached hydrogens (tertiary/aromatic N) is 3. The first-order valence-corrected chi connectivity index (χ1v) is 14.2. The lowest BCUT2D eigenvalue weighted by atomic mass is 9.94. The molecule has 2 saturated carbocycles. The van der Waals surface area contributed by atoms with Gasteiger partial charge in [0.15, 0.2) is 15.6 Å². The van der Waals surface area contributed by atoms with E-state index < -0.39 is 28.0 Å². The number of benzene rings is 1. The number of carboxylic acids is 1. The fourth-order valence-corrected chi connectivity index (χ4v) is 5.99. The second kappa shape index (κ2) is 11.3. The second-order valence-corrected chi connectivity index (χ2v) is 12.0. The van der Waals surface area contributed by atoms with Gasteiger partial charge in [0.05, 0.1) is 17.9 Å². The molecule has 0 radical (unpaired) electrons. The van der Waals surface area contributed by atoms with Crippen molar-refractivity contribution in [3.05, 3.63) is 53.5 Å². The minimum atomic E-state index is -3.50. The Kier molecular flexibility index (Phi) is 8.15. The van der Waals surface area contributed by atoms with Gasteiger partial charge in [-0.25, -0.2) is 18.4 Å². The lowest BCUT2D eigenvalue weighted by Crippen LogP contribution is -2.39. The van der Waals surface area contributed by atoms with Crippen LogP contribution in [0.15, 0.2) is 36.7 Å². The van der Waals surface area contributed by atoms with Crippen LogP contribution in [0.25, 0.3) is 0 Å². The molecule has 0 unspecified atom stereocenters. The predicted molar refractivity (Wildman–Crippen MR) is 133 cm³/mol. The van der Waals surface area contributed by atoms with E-state index in [2.05, 4.69) is 14.9 Å². The molecule has 0 aliphatic heterocycles. The minimum absolute atomic E-state index is 0.106. The number of sulfone groups is 1. The molecular weight excluding hydrogens is 466 g/mol. The summed E-state index contributed by atoms with van der Waals surface area (Å²) in [6, 6.07) is 9.12. The topological polar surface area (TPSA) is 118 Å². The van der Waals surface area contributed by atoms with Gasteiger partial charge in [0.25, 0.3) is 0 Å². The molecule has 1 aromatic carbocycles. The van der Waals surface area contributed by atoms with Crippen LogP contribution in [0.4, 0.5) is 5.82 Å². The summed E-state index contributed by atoms with van der Waals surface area (Å²) >= 11 is 0. The second-order valence-electron chi connectivity index (χ2n) is 9.80. The number of aliphatic carboxylic acids is 1. The van der Waals surface area contributed by atoms with Crippen LogP contribution in [0, 0.1) is 5.92 Å². The summed E-state index contributed by atoms with van der Waals surface area (Å²) in [6.45, 7) is 0.992. The van der Waals surface area contributed by atoms with Gasteiger partial charge in [0.2, 0.25) is 0 Å². The van der Waals surface area contributed by atoms with Crippen LogP contribution >= 0.6 is 0 Å². The van der Waals surface area contributed by atoms with Crippen molar-refractivity contribution in [2.24, 2.45) is 5.92 Å². The van der Waals surface area contributed by atoms with Crippen LogP contribution in [0.5, 0.6) is 0 Å². The van der Waals surface area contributed by atoms with Crippen molar-refractivity contribution < 1.29 is 23.1 Å². The first-order valence-electron chi connectivity index (χ1n) is 12.4. The fourth-order valence-electron chi connectivity index (χ4n) is 4.66. The number of anilines is 1. The number of rotatable bonds is 12. The van der Waals surface area contributed by atoms with Crippen molar-refractivity contribution in [1.82, 2.24) is 9.97 Å². The van der Waals surface area contributed by atoms with Crippen LogP contribution in [-0.2, 0) is 26.8 Å². The van der Waals surface area contributed by atoms with Crippen LogP contribution in [0.1, 0.15) is 73.0 Å². The Hall–Kier alpha value is -2.81. The average Bonchev–Trinajstić information content (AvgIpc) is 3.67. The van der Waals surface area contributed by atoms with E-state index in [1.165, 1.54) is 51.3 Å². The molecule has 1 heterocycles. The zero-order valence-corrected chi connectivity index (χ0v) is 20.8. The number of carbonyl (C=O) groups is 2. The standard InChI is InChI=1S/C26H33N3O5S/c30-24(14-19-6-10-21(11-7-19)17-35(33,34)13-12-26(31)32)23-15-25(28-18-27-23)29(16-20-8-9-20)22-4-2-1-3-5-22/h6-7,10-11,15,18,20,22H,1-5,8-9,12-14,16-17H2,(H,31,32). The summed E-state index contributed by atoms with van der Waals surface area (Å²) in [4.78, 5) is 34.8. The monoisotopic (exact) mass is 499 g/mol. The summed E-state index contributed by atoms with van der Waals surface area (Å²) in [6.07, 6.45) is 9.84. The van der Waals surface area contributed by atoms with Crippen molar-refractivity contribution in [1.29, 1.82) is 0 Å². The molecule has 2 aliphatic carbocycles. The number of carboxylic acid groups (broad SMARTS) is 1. The Balaban J connectivity index is 1.40. The Morgan fingerprint density at radius 1 is 0.971 bits per heavy atom. The van der Waals surface area contributed by atoms with E-state index in [4.69, 9.17) is 5.11 Å². The highest BCUT2D eigenvalue weighted by atomic mass is 32.2. The van der Waals surface area contributed by atoms with Gasteiger partial charge < -0.3 is 10.0 Å². The highest BCUT2D eigenvalue weighted by molar-refractivity contribution is 7.90. The highest BCUT2D eigenvalue weighted by Gasteiger charge is 2.30. The van der Waals surface area contributed by atoms with Crippen molar-refractivity contribution in [3.8, 4) is 0 Å². The Morgan fingerprint density at radius 2 is 1.66 bits per heavy atom. The Morgan fingerprint density at radius 3 is 2.31 bits per heavy atom. The lowest BCUT2D eigenvalue weighted by Gasteiger charge is -2.35. The van der Waals surface area contributed by atoms with Crippen molar-refractivity contribution in [2.45, 2.75) is 69.6 Å². The molecule has 8 nitrogen and oxygen atoms in total. The van der Waals surface area contributed by atoms with Crippen LogP contribution in [0.3, 0.4) is 0 Å². The Bertz CT molecular complexity index is 1140. The number of hydrogen-bond acceptors (Lipinski definition) is 7. The number of Topliss-reactive ketones (excluding diaryl/α,β-unsaturated/α-hetero) is 1. The average molecular weight is 500 g/mol. The largest absolute Gasteiger partial charge is 0.481 e. The highest BCUT2D eigenvalue weighted by Crippen LogP contribution is 2.34. The molecule has 2 aromatic rings. The molecule has 2 aliphatic rings. The molecule has 0 amide bonds. The SMILES string of the molecule is O=C(O)CCS(=O)(=O)Cc1ccc(CC(=O)c2cc(N(CC3CC3)C3CCCCC3)ncn2)cc1. The van der Waals surface area contributed by atoms with Gasteiger partial charge in [0.1, 0.15) is 17.8 Å². The molecule has 0 saturated heterocycles. The zero-order chi connectivity index (χ0) is 24.8. The van der Waals surface area contributed by atoms with Gasteiger partial charge in [-0.3, -0.25) is 9.59 Å². The third-order valence-electron chi connectivity index (χ3n) is 6.80. The van der Waals surface area contributed by atoms with E-state index in [-0.39, 0.29) is 18.0 Å². The molecule has 1 N–H and O–H groups in total. The minimum Gasteiger partial charge on any atom is -0.481 e. The van der Waals surface area contributed by atoms with Crippen molar-refractivity contribution >= 4 is 27.4 Å². The summed E-state index contributed by atoms with van der Waals surface area (Å²) in [5.41, 5.74) is 1.73. The summed E-state index contributed by atoms with van der Waals surface area (Å²) < 4.78 is 24.2. The number of aromatic nitrogens is 2. The maximum atomic E-state index is 13.0. The quantitative estimate of drug-likeness (QED) is 0.438. The molecule has 35 heavy (non-hydrogen) atoms. The van der Waals surface area contributed by atoms with Crippen LogP contribution in [0.2, 0.25) is 0 Å². The number of carbonyl (C=O) groups excluding carboxylic acids is 1. The van der Waals surface area contributed by atoms with Crippen LogP contribution in [-0.4, -0.2) is 53.6 Å². The zero-order valence-electron chi connectivity index (χ0n) is 19.9. The number of hydrogen-bond donors (Lipinski definition) is 1.